The number of urea groups is 1. The fraction of sp³-hybridized carbons (Fsp3) is 0.562. The lowest BCUT2D eigenvalue weighted by Crippen LogP contribution is -2.48. The van der Waals surface area contributed by atoms with E-state index in [4.69, 9.17) is 16.3 Å². The molecule has 0 spiro atoms. The third-order valence-electron chi connectivity index (χ3n) is 4.49. The highest BCUT2D eigenvalue weighted by atomic mass is 35.5. The summed E-state index contributed by atoms with van der Waals surface area (Å²) in [4.78, 5) is 14.3. The zero-order chi connectivity index (χ0) is 14.8. The number of ether oxygens (including phenoxy) is 1. The molecule has 1 aromatic carbocycles. The monoisotopic (exact) mass is 308 g/mol. The number of carbonyl (C=O) groups is 1. The number of hydrogen-bond donors (Lipinski definition) is 1. The summed E-state index contributed by atoms with van der Waals surface area (Å²) in [6, 6.07) is 6.11. The van der Waals surface area contributed by atoms with Crippen LogP contribution < -0.4 is 5.32 Å². The first-order chi connectivity index (χ1) is 10.1. The van der Waals surface area contributed by atoms with E-state index in [1.807, 2.05) is 17.0 Å². The molecule has 0 aromatic heterocycles. The average molecular weight is 309 g/mol. The van der Waals surface area contributed by atoms with Crippen LogP contribution in [-0.4, -0.2) is 36.7 Å². The molecule has 1 saturated heterocycles. The van der Waals surface area contributed by atoms with Gasteiger partial charge in [-0.15, -0.1) is 0 Å². The highest BCUT2D eigenvalue weighted by molar-refractivity contribution is 6.30. The van der Waals surface area contributed by atoms with Crippen LogP contribution in [0.15, 0.2) is 18.2 Å². The van der Waals surface area contributed by atoms with Gasteiger partial charge in [0.25, 0.3) is 0 Å². The number of benzene rings is 1. The van der Waals surface area contributed by atoms with Crippen molar-refractivity contribution in [3.05, 3.63) is 34.3 Å². The van der Waals surface area contributed by atoms with E-state index in [1.54, 1.807) is 0 Å². The number of nitrogens with one attached hydrogen (secondary N) is 1. The van der Waals surface area contributed by atoms with E-state index < -0.39 is 0 Å². The summed E-state index contributed by atoms with van der Waals surface area (Å²) >= 11 is 6.04. The molecule has 0 saturated carbocycles. The minimum atomic E-state index is 0.0139. The second-order valence-corrected chi connectivity index (χ2v) is 6.38. The standard InChI is InChI=1S/C16H21ClN2O2/c1-11(13-5-7-21-10-13)18-16(20)19-6-4-12-2-3-15(17)8-14(12)9-19/h2-3,8,11,13H,4-7,9-10H2,1H3,(H,18,20)/t11-,13-/m1/s1. The molecule has 2 atom stereocenters. The number of rotatable bonds is 2. The smallest absolute Gasteiger partial charge is 0.317 e. The summed E-state index contributed by atoms with van der Waals surface area (Å²) < 4.78 is 5.39. The third-order valence-corrected chi connectivity index (χ3v) is 4.73. The summed E-state index contributed by atoms with van der Waals surface area (Å²) in [6.07, 6.45) is 1.92. The first-order valence-corrected chi connectivity index (χ1v) is 7.92. The van der Waals surface area contributed by atoms with Gasteiger partial charge < -0.3 is 15.0 Å². The highest BCUT2D eigenvalue weighted by Crippen LogP contribution is 2.23. The first kappa shape index (κ1) is 14.7. The van der Waals surface area contributed by atoms with E-state index in [0.717, 1.165) is 43.2 Å². The Bertz CT molecular complexity index is 529. The van der Waals surface area contributed by atoms with Crippen molar-refractivity contribution in [2.75, 3.05) is 19.8 Å². The van der Waals surface area contributed by atoms with Crippen LogP contribution in [0.4, 0.5) is 4.79 Å². The SMILES string of the molecule is C[C@@H](NC(=O)N1CCc2ccc(Cl)cc2C1)[C@@H]1CCOC1. The summed E-state index contributed by atoms with van der Waals surface area (Å²) in [7, 11) is 0. The predicted molar refractivity (Wildman–Crippen MR) is 82.5 cm³/mol. The molecule has 0 unspecified atom stereocenters. The van der Waals surface area contributed by atoms with Gasteiger partial charge in [-0.3, -0.25) is 0 Å². The van der Waals surface area contributed by atoms with Gasteiger partial charge in [0.2, 0.25) is 0 Å². The Morgan fingerprint density at radius 3 is 3.10 bits per heavy atom. The van der Waals surface area contributed by atoms with E-state index in [1.165, 1.54) is 5.56 Å². The van der Waals surface area contributed by atoms with Crippen LogP contribution in [0.2, 0.25) is 5.02 Å². The van der Waals surface area contributed by atoms with Crippen molar-refractivity contribution in [3.63, 3.8) is 0 Å². The molecule has 4 nitrogen and oxygen atoms in total. The van der Waals surface area contributed by atoms with Gasteiger partial charge in [-0.2, -0.15) is 0 Å². The minimum Gasteiger partial charge on any atom is -0.381 e. The van der Waals surface area contributed by atoms with Gasteiger partial charge in [-0.1, -0.05) is 17.7 Å². The summed E-state index contributed by atoms with van der Waals surface area (Å²) in [6.45, 7) is 5.01. The molecule has 1 N–H and O–H groups in total. The van der Waals surface area contributed by atoms with E-state index in [-0.39, 0.29) is 12.1 Å². The Morgan fingerprint density at radius 1 is 1.48 bits per heavy atom. The average Bonchev–Trinajstić information content (AvgIpc) is 3.00. The topological polar surface area (TPSA) is 41.6 Å². The maximum Gasteiger partial charge on any atom is 0.317 e. The van der Waals surface area contributed by atoms with E-state index in [2.05, 4.69) is 18.3 Å². The third kappa shape index (κ3) is 3.33. The van der Waals surface area contributed by atoms with Crippen molar-refractivity contribution in [2.45, 2.75) is 32.4 Å². The van der Waals surface area contributed by atoms with Gasteiger partial charge in [0.15, 0.2) is 0 Å². The summed E-state index contributed by atoms with van der Waals surface area (Å²) in [5.41, 5.74) is 2.45. The van der Waals surface area contributed by atoms with E-state index in [0.29, 0.717) is 12.5 Å². The lowest BCUT2D eigenvalue weighted by molar-refractivity contribution is 0.169. The minimum absolute atomic E-state index is 0.0139. The van der Waals surface area contributed by atoms with Crippen molar-refractivity contribution in [2.24, 2.45) is 5.92 Å². The fourth-order valence-corrected chi connectivity index (χ4v) is 3.24. The van der Waals surface area contributed by atoms with Crippen LogP contribution in [0.25, 0.3) is 0 Å². The van der Waals surface area contributed by atoms with Gasteiger partial charge in [0, 0.05) is 36.7 Å². The van der Waals surface area contributed by atoms with Crippen LogP contribution in [0, 0.1) is 5.92 Å². The number of halogens is 1. The number of hydrogen-bond acceptors (Lipinski definition) is 2. The second kappa shape index (κ2) is 6.24. The van der Waals surface area contributed by atoms with Crippen molar-refractivity contribution in [1.82, 2.24) is 10.2 Å². The van der Waals surface area contributed by atoms with Gasteiger partial charge >= 0.3 is 6.03 Å². The zero-order valence-electron chi connectivity index (χ0n) is 12.3. The number of fused-ring (bicyclic) bond motifs is 1. The second-order valence-electron chi connectivity index (χ2n) is 5.95. The molecule has 0 bridgehead atoms. The molecule has 1 aromatic rings. The molecule has 114 valence electrons. The Balaban J connectivity index is 1.61. The summed E-state index contributed by atoms with van der Waals surface area (Å²) in [5.74, 6) is 0.431. The largest absolute Gasteiger partial charge is 0.381 e. The number of nitrogens with zero attached hydrogens (tertiary/aromatic N) is 1. The highest BCUT2D eigenvalue weighted by Gasteiger charge is 2.26. The fourth-order valence-electron chi connectivity index (χ4n) is 3.05. The quantitative estimate of drug-likeness (QED) is 0.913. The molecule has 2 amide bonds. The lowest BCUT2D eigenvalue weighted by Gasteiger charge is -2.31. The van der Waals surface area contributed by atoms with Crippen LogP contribution in [0.1, 0.15) is 24.5 Å². The van der Waals surface area contributed by atoms with E-state index in [9.17, 15) is 4.79 Å². The normalized spacial score (nSPS) is 22.8. The van der Waals surface area contributed by atoms with Crippen molar-refractivity contribution < 1.29 is 9.53 Å². The van der Waals surface area contributed by atoms with Crippen LogP contribution in [-0.2, 0) is 17.7 Å². The molecular formula is C16H21ClN2O2. The van der Waals surface area contributed by atoms with Gasteiger partial charge in [-0.25, -0.2) is 4.79 Å². The maximum atomic E-state index is 12.4. The summed E-state index contributed by atoms with van der Waals surface area (Å²) in [5, 5.41) is 3.84. The maximum absolute atomic E-state index is 12.4. The molecule has 3 rings (SSSR count). The Morgan fingerprint density at radius 2 is 2.33 bits per heavy atom. The molecule has 2 aliphatic rings. The molecule has 2 aliphatic heterocycles. The molecule has 0 radical (unpaired) electrons. The van der Waals surface area contributed by atoms with Crippen LogP contribution in [0.5, 0.6) is 0 Å². The van der Waals surface area contributed by atoms with Crippen LogP contribution >= 0.6 is 11.6 Å². The molecular weight excluding hydrogens is 288 g/mol. The van der Waals surface area contributed by atoms with Gasteiger partial charge in [-0.05, 0) is 43.0 Å². The first-order valence-electron chi connectivity index (χ1n) is 7.54. The molecule has 21 heavy (non-hydrogen) atoms. The molecule has 1 fully saturated rings. The predicted octanol–water partition coefficient (Wildman–Crippen LogP) is 2.83. The Labute approximate surface area is 130 Å². The van der Waals surface area contributed by atoms with Crippen molar-refractivity contribution in [3.8, 4) is 0 Å². The number of carbonyl (C=O) groups excluding carboxylic acids is 1. The van der Waals surface area contributed by atoms with Crippen molar-refractivity contribution >= 4 is 17.6 Å². The zero-order valence-corrected chi connectivity index (χ0v) is 13.0. The van der Waals surface area contributed by atoms with Crippen LogP contribution in [0.3, 0.4) is 0 Å². The molecule has 0 aliphatic carbocycles. The lowest BCUT2D eigenvalue weighted by atomic mass is 9.99. The molecule has 5 heteroatoms. The Hall–Kier alpha value is -1.26. The van der Waals surface area contributed by atoms with E-state index >= 15 is 0 Å². The van der Waals surface area contributed by atoms with Gasteiger partial charge in [0.1, 0.15) is 0 Å². The number of amides is 2. The Kier molecular flexibility index (Phi) is 4.36. The van der Waals surface area contributed by atoms with Gasteiger partial charge in [0.05, 0.1) is 6.61 Å². The van der Waals surface area contributed by atoms with Crippen molar-refractivity contribution in [1.29, 1.82) is 0 Å². The molecule has 2 heterocycles.